The molecule has 0 spiro atoms. The first-order valence-electron chi connectivity index (χ1n) is 25.3. The van der Waals surface area contributed by atoms with Crippen molar-refractivity contribution in [3.8, 4) is 0 Å². The molecule has 3 heterocycles. The number of aliphatic hydroxyl groups excluding tert-OH is 1. The van der Waals surface area contributed by atoms with E-state index < -0.39 is 86.1 Å². The number of ketones is 1. The number of benzene rings is 2. The maximum Gasteiger partial charge on any atom is 0.333 e. The van der Waals surface area contributed by atoms with E-state index in [1.165, 1.54) is 55.7 Å². The van der Waals surface area contributed by atoms with Crippen LogP contribution in [0.2, 0.25) is 0 Å². The van der Waals surface area contributed by atoms with Crippen LogP contribution < -0.4 is 4.90 Å². The summed E-state index contributed by atoms with van der Waals surface area (Å²) in [7, 11) is -10.9. The lowest BCUT2D eigenvalue weighted by Crippen LogP contribution is -2.35. The van der Waals surface area contributed by atoms with Gasteiger partial charge in [-0.25, -0.2) is 4.79 Å². The van der Waals surface area contributed by atoms with E-state index in [0.717, 1.165) is 0 Å². The number of hydrogen-bond donors (Lipinski definition) is 4. The zero-order chi connectivity index (χ0) is 57.8. The minimum absolute atomic E-state index is 0.0131. The largest absolute Gasteiger partial charge is 0.506 e. The molecule has 4 aliphatic rings. The number of amides is 2. The second-order valence-electron chi connectivity index (χ2n) is 19.2. The van der Waals surface area contributed by atoms with Gasteiger partial charge in [0, 0.05) is 81.1 Å². The monoisotopic (exact) mass is 1170 g/mol. The van der Waals surface area contributed by atoms with E-state index in [9.17, 15) is 63.2 Å². The Morgan fingerprint density at radius 2 is 1.20 bits per heavy atom. The van der Waals surface area contributed by atoms with Gasteiger partial charge in [0.1, 0.15) is 12.4 Å². The molecule has 28 heteroatoms. The number of allylic oxidation sites excluding steroid dienone is 5. The summed E-state index contributed by atoms with van der Waals surface area (Å²) in [6, 6.07) is 7.76. The molecule has 0 aromatic heterocycles. The number of methoxy groups -OCH3 is 2. The number of aliphatic hydroxyl groups is 1. The highest BCUT2D eigenvalue weighted by Gasteiger charge is 2.51. The van der Waals surface area contributed by atoms with Gasteiger partial charge in [0.25, 0.3) is 42.2 Å². The Hall–Kier alpha value is -5.34. The average Bonchev–Trinajstić information content (AvgIpc) is 4.18. The van der Waals surface area contributed by atoms with Crippen LogP contribution >= 0.6 is 0 Å². The first-order chi connectivity index (χ1) is 37.4. The number of fused-ring (bicyclic) bond motifs is 2. The number of Topliss-reactive ketones (excluding diaryl/α,β-unsaturated/α-hetero) is 1. The summed E-state index contributed by atoms with van der Waals surface area (Å²) in [5, 5.41) is 12.4. The fourth-order valence-electron chi connectivity index (χ4n) is 9.68. The lowest BCUT2D eigenvalue weighted by molar-refractivity contribution is -0.442. The first kappa shape index (κ1) is 62.9. The molecule has 436 valence electrons. The molecule has 0 radical (unpaired) electrons. The zero-order valence-corrected chi connectivity index (χ0v) is 46.8. The van der Waals surface area contributed by atoms with Crippen molar-refractivity contribution >= 4 is 71.0 Å². The average molecular weight is 1170 g/mol. The van der Waals surface area contributed by atoms with Crippen LogP contribution in [0, 0.1) is 0 Å². The number of carbonyl (C=O) groups excluding carboxylic acids is 4. The Bertz CT molecular complexity index is 3070. The van der Waals surface area contributed by atoms with Gasteiger partial charge in [-0.05, 0) is 81.5 Å². The SMILES string of the molecule is COCCOCCOCCOCCOCCOCC[N+]1=C(C=C2C(=O)C(C=C3N(CCCC(=O)ON4C(=O)CCC4=O)c4ccc(S(=O)(=O)O)cc4C3(C)CCOC)=C2O)C(C)(CCCS(=O)(=O)O)c2cc(S(=O)(=O)O)ccc21. The van der Waals surface area contributed by atoms with Crippen LogP contribution in [0.3, 0.4) is 0 Å². The predicted octanol–water partition coefficient (Wildman–Crippen LogP) is 3.34. The van der Waals surface area contributed by atoms with Crippen molar-refractivity contribution in [3.63, 3.8) is 0 Å². The highest BCUT2D eigenvalue weighted by Crippen LogP contribution is 2.52. The van der Waals surface area contributed by atoms with Crippen LogP contribution in [0.15, 0.2) is 80.9 Å². The van der Waals surface area contributed by atoms with Crippen molar-refractivity contribution < 1.29 is 106 Å². The van der Waals surface area contributed by atoms with Gasteiger partial charge in [0.2, 0.25) is 11.5 Å². The van der Waals surface area contributed by atoms with E-state index >= 15 is 0 Å². The molecule has 1 fully saturated rings. The van der Waals surface area contributed by atoms with Crippen molar-refractivity contribution in [1.29, 1.82) is 0 Å². The Labute approximate surface area is 458 Å². The van der Waals surface area contributed by atoms with Gasteiger partial charge in [-0.3, -0.25) is 28.0 Å². The van der Waals surface area contributed by atoms with E-state index in [1.54, 1.807) is 30.4 Å². The van der Waals surface area contributed by atoms with Crippen LogP contribution in [0.1, 0.15) is 69.9 Å². The molecule has 3 aliphatic heterocycles. The topological polar surface area (TPSA) is 335 Å². The number of anilines is 1. The quantitative estimate of drug-likeness (QED) is 0.0257. The minimum atomic E-state index is -4.77. The maximum atomic E-state index is 14.6. The summed E-state index contributed by atoms with van der Waals surface area (Å²) in [5.41, 5.74) is -0.719. The van der Waals surface area contributed by atoms with Gasteiger partial charge in [-0.15, -0.1) is 5.06 Å². The normalized spacial score (nSPS) is 20.6. The molecule has 25 nitrogen and oxygen atoms in total. The lowest BCUT2D eigenvalue weighted by Gasteiger charge is -2.32. The maximum absolute atomic E-state index is 14.6. The minimum Gasteiger partial charge on any atom is -0.506 e. The fraction of sp³-hybridized carbons (Fsp3) is 0.549. The fourth-order valence-corrected chi connectivity index (χ4v) is 11.2. The molecule has 2 amide bonds. The summed E-state index contributed by atoms with van der Waals surface area (Å²) < 4.78 is 144. The zero-order valence-electron chi connectivity index (χ0n) is 44.4. The predicted molar refractivity (Wildman–Crippen MR) is 280 cm³/mol. The standard InChI is InChI=1S/C51H67N3O22S3/c1-50(14-6-30-77(60,61)62)39-31-35(78(63,64)65)9-11-42(39)53(17-19-71-22-23-73-26-27-75-29-28-74-25-24-72-21-20-70-4)43(50)33-37-48(58)38(49(37)59)34-44-51(2,15-18-69-3)40-32-36(79(66,67)68)8-10-41(40)52(44)16-5-7-47(57)76-54-45(55)12-13-46(54)56/h8-11,31-34H,5-7,12-30H2,1-4H3,(H3-,58,59,60,61,62,63,64,65,66,67,68)/p+1. The third-order valence-electron chi connectivity index (χ3n) is 13.8. The second kappa shape index (κ2) is 27.4. The van der Waals surface area contributed by atoms with Crippen LogP contribution in [0.25, 0.3) is 0 Å². The van der Waals surface area contributed by atoms with Crippen molar-refractivity contribution in [3.05, 3.63) is 82.3 Å². The lowest BCUT2D eigenvalue weighted by atomic mass is 9.73. The van der Waals surface area contributed by atoms with Crippen LogP contribution in [0.5, 0.6) is 0 Å². The highest BCUT2D eigenvalue weighted by molar-refractivity contribution is 7.86. The third kappa shape index (κ3) is 15.8. The molecule has 2 aromatic carbocycles. The van der Waals surface area contributed by atoms with E-state index in [0.29, 0.717) is 85.2 Å². The Morgan fingerprint density at radius 3 is 1.73 bits per heavy atom. The second-order valence-corrected chi connectivity index (χ2v) is 23.6. The molecule has 2 atom stereocenters. The van der Waals surface area contributed by atoms with E-state index in [1.807, 2.05) is 0 Å². The van der Waals surface area contributed by atoms with Crippen LogP contribution in [-0.4, -0.2) is 195 Å². The number of hydrogen-bond acceptors (Lipinski definition) is 20. The summed E-state index contributed by atoms with van der Waals surface area (Å²) in [6.45, 7) is 7.09. The Morgan fingerprint density at radius 1 is 0.671 bits per heavy atom. The number of rotatable bonds is 34. The molecular weight excluding hydrogens is 1100 g/mol. The Kier molecular flexibility index (Phi) is 21.8. The van der Waals surface area contributed by atoms with Crippen LogP contribution in [-0.2, 0) is 98.4 Å². The van der Waals surface area contributed by atoms with Gasteiger partial charge < -0.3 is 48.0 Å². The van der Waals surface area contributed by atoms with Crippen molar-refractivity contribution in [1.82, 2.24) is 5.06 Å². The summed E-state index contributed by atoms with van der Waals surface area (Å²) in [6.07, 6.45) is 2.31. The van der Waals surface area contributed by atoms with Crippen LogP contribution in [0.4, 0.5) is 11.4 Å². The van der Waals surface area contributed by atoms with Gasteiger partial charge in [0.15, 0.2) is 12.3 Å². The van der Waals surface area contributed by atoms with E-state index in [4.69, 9.17) is 38.0 Å². The number of imide groups is 1. The molecule has 1 aliphatic carbocycles. The highest BCUT2D eigenvalue weighted by atomic mass is 32.2. The summed E-state index contributed by atoms with van der Waals surface area (Å²) >= 11 is 0. The number of ether oxygens (including phenoxy) is 7. The van der Waals surface area contributed by atoms with Gasteiger partial charge in [-0.1, -0.05) is 0 Å². The third-order valence-corrected chi connectivity index (χ3v) is 16.3. The van der Waals surface area contributed by atoms with Crippen molar-refractivity contribution in [2.24, 2.45) is 0 Å². The number of hydroxylamine groups is 2. The molecule has 2 aromatic rings. The summed E-state index contributed by atoms with van der Waals surface area (Å²) in [5.74, 6) is -4.05. The Balaban J connectivity index is 1.30. The molecule has 4 N–H and O–H groups in total. The van der Waals surface area contributed by atoms with E-state index in [2.05, 4.69) is 0 Å². The molecule has 0 saturated carbocycles. The molecule has 0 bridgehead atoms. The number of nitrogens with zero attached hydrogens (tertiary/aromatic N) is 3. The van der Waals surface area contributed by atoms with E-state index in [-0.39, 0.29) is 102 Å². The van der Waals surface area contributed by atoms with Gasteiger partial charge >= 0.3 is 5.97 Å². The molecular formula is C51H68N3O22S3+. The van der Waals surface area contributed by atoms with Gasteiger partial charge in [-0.2, -0.15) is 29.8 Å². The number of carbonyl (C=O) groups is 4. The van der Waals surface area contributed by atoms with Gasteiger partial charge in [0.05, 0.1) is 98.2 Å². The first-order valence-corrected chi connectivity index (χ1v) is 29.8. The smallest absolute Gasteiger partial charge is 0.333 e. The van der Waals surface area contributed by atoms with Crippen molar-refractivity contribution in [2.45, 2.75) is 79.4 Å². The van der Waals surface area contributed by atoms with Crippen molar-refractivity contribution in [2.75, 3.05) is 117 Å². The summed E-state index contributed by atoms with van der Waals surface area (Å²) in [4.78, 5) is 57.6. The molecule has 2 unspecified atom stereocenters. The molecule has 79 heavy (non-hydrogen) atoms. The molecule has 1 saturated heterocycles. The molecule has 6 rings (SSSR count).